The summed E-state index contributed by atoms with van der Waals surface area (Å²) in [6.07, 6.45) is 1.19. The number of piperidine rings is 1. The van der Waals surface area contributed by atoms with Crippen LogP contribution in [0, 0.1) is 10.8 Å². The molecule has 0 aromatic heterocycles. The van der Waals surface area contributed by atoms with Crippen LogP contribution in [0.15, 0.2) is 24.3 Å². The molecule has 1 aromatic rings. The number of carbonyl (C=O) groups is 3. The highest BCUT2D eigenvalue weighted by molar-refractivity contribution is 5.96. The van der Waals surface area contributed by atoms with Gasteiger partial charge in [0.05, 0.1) is 6.42 Å². The van der Waals surface area contributed by atoms with E-state index >= 15 is 0 Å². The van der Waals surface area contributed by atoms with Crippen LogP contribution in [-0.4, -0.2) is 46.0 Å². The van der Waals surface area contributed by atoms with Gasteiger partial charge >= 0.3 is 11.9 Å². The highest BCUT2D eigenvalue weighted by Gasteiger charge is 2.81. The van der Waals surface area contributed by atoms with Gasteiger partial charge in [-0.3, -0.25) is 14.4 Å². The Bertz CT molecular complexity index is 655. The minimum absolute atomic E-state index is 0.0134. The average molecular weight is 317 g/mol. The van der Waals surface area contributed by atoms with Gasteiger partial charge in [-0.2, -0.15) is 0 Å². The minimum atomic E-state index is -1.30. The first-order valence-corrected chi connectivity index (χ1v) is 7.67. The summed E-state index contributed by atoms with van der Waals surface area (Å²) in [6, 6.07) is 7.68. The number of carbonyl (C=O) groups excluding carboxylic acids is 1. The fourth-order valence-corrected chi connectivity index (χ4v) is 3.64. The number of likely N-dealkylation sites (tertiary alicyclic amines) is 1. The van der Waals surface area contributed by atoms with E-state index in [0.29, 0.717) is 0 Å². The molecule has 2 atom stereocenters. The van der Waals surface area contributed by atoms with E-state index in [1.807, 2.05) is 31.2 Å². The van der Waals surface area contributed by atoms with E-state index in [4.69, 9.17) is 0 Å². The van der Waals surface area contributed by atoms with Crippen molar-refractivity contribution in [3.63, 3.8) is 0 Å². The Balaban J connectivity index is 1.72. The molecule has 2 fully saturated rings. The number of carboxylic acids is 2. The van der Waals surface area contributed by atoms with Crippen LogP contribution < -0.4 is 0 Å². The molecule has 122 valence electrons. The Morgan fingerprint density at radius 1 is 1.00 bits per heavy atom. The van der Waals surface area contributed by atoms with Crippen molar-refractivity contribution >= 4 is 17.8 Å². The molecule has 2 N–H and O–H groups in total. The third-order valence-electron chi connectivity index (χ3n) is 5.27. The quantitative estimate of drug-likeness (QED) is 0.850. The van der Waals surface area contributed by atoms with Crippen molar-refractivity contribution in [3.05, 3.63) is 35.4 Å². The predicted octanol–water partition coefficient (Wildman–Crippen LogP) is 1.18. The average Bonchev–Trinajstić information content (AvgIpc) is 3.06. The first-order valence-electron chi connectivity index (χ1n) is 7.67. The molecule has 0 radical (unpaired) electrons. The van der Waals surface area contributed by atoms with Gasteiger partial charge in [0.2, 0.25) is 5.91 Å². The summed E-state index contributed by atoms with van der Waals surface area (Å²) in [4.78, 5) is 36.7. The minimum Gasteiger partial charge on any atom is -0.481 e. The smallest absolute Gasteiger partial charge is 0.312 e. The van der Waals surface area contributed by atoms with E-state index in [1.54, 1.807) is 0 Å². The molecule has 1 saturated carbocycles. The van der Waals surface area contributed by atoms with E-state index in [2.05, 4.69) is 0 Å². The molecule has 1 aliphatic heterocycles. The standard InChI is InChI=1S/C17H19NO5/c1-2-11-3-5-12(6-4-11)7-13(19)18-9-16(14(20)21)8-17(16,10-18)15(22)23/h3-6H,2,7-10H2,1H3,(H,20,21)(H,22,23)/t16-,17+. The lowest BCUT2D eigenvalue weighted by atomic mass is 9.97. The lowest BCUT2D eigenvalue weighted by Gasteiger charge is -2.20. The molecule has 1 amide bonds. The van der Waals surface area contributed by atoms with Crippen molar-refractivity contribution in [2.75, 3.05) is 13.1 Å². The zero-order valence-corrected chi connectivity index (χ0v) is 12.9. The Morgan fingerprint density at radius 3 is 1.91 bits per heavy atom. The first kappa shape index (κ1) is 15.5. The van der Waals surface area contributed by atoms with E-state index in [9.17, 15) is 24.6 Å². The predicted molar refractivity (Wildman–Crippen MR) is 80.9 cm³/mol. The number of rotatable bonds is 5. The SMILES string of the molecule is CCc1ccc(CC(=O)N2C[C@@]3(C(=O)O)C[C@@]3(C(=O)O)C2)cc1. The molecule has 23 heavy (non-hydrogen) atoms. The van der Waals surface area contributed by atoms with Crippen LogP contribution >= 0.6 is 0 Å². The van der Waals surface area contributed by atoms with Gasteiger partial charge in [0.1, 0.15) is 10.8 Å². The zero-order chi connectivity index (χ0) is 16.8. The summed E-state index contributed by atoms with van der Waals surface area (Å²) in [7, 11) is 0. The lowest BCUT2D eigenvalue weighted by molar-refractivity contribution is -0.151. The monoisotopic (exact) mass is 317 g/mol. The number of aryl methyl sites for hydroxylation is 1. The van der Waals surface area contributed by atoms with Gasteiger partial charge in [-0.25, -0.2) is 0 Å². The summed E-state index contributed by atoms with van der Waals surface area (Å²) < 4.78 is 0. The number of hydrogen-bond acceptors (Lipinski definition) is 3. The van der Waals surface area contributed by atoms with Crippen molar-refractivity contribution in [1.29, 1.82) is 0 Å². The summed E-state index contributed by atoms with van der Waals surface area (Å²) in [6.45, 7) is 2.02. The van der Waals surface area contributed by atoms with Gasteiger partial charge in [0, 0.05) is 13.1 Å². The van der Waals surface area contributed by atoms with Crippen molar-refractivity contribution in [1.82, 2.24) is 4.90 Å². The van der Waals surface area contributed by atoms with Crippen LogP contribution in [0.2, 0.25) is 0 Å². The number of aliphatic carboxylic acids is 2. The maximum atomic E-state index is 12.4. The van der Waals surface area contributed by atoms with Crippen LogP contribution in [0.4, 0.5) is 0 Å². The van der Waals surface area contributed by atoms with Crippen molar-refractivity contribution in [2.24, 2.45) is 10.8 Å². The largest absolute Gasteiger partial charge is 0.481 e. The number of fused-ring (bicyclic) bond motifs is 1. The first-order chi connectivity index (χ1) is 10.8. The molecule has 0 spiro atoms. The molecule has 1 saturated heterocycles. The van der Waals surface area contributed by atoms with Crippen LogP contribution in [0.5, 0.6) is 0 Å². The molecule has 6 heteroatoms. The lowest BCUT2D eigenvalue weighted by Crippen LogP contribution is -2.35. The Labute approximate surface area is 133 Å². The molecule has 3 rings (SSSR count). The number of amides is 1. The van der Waals surface area contributed by atoms with E-state index in [1.165, 1.54) is 10.5 Å². The normalized spacial score (nSPS) is 28.3. The third kappa shape index (κ3) is 2.20. The van der Waals surface area contributed by atoms with Crippen molar-refractivity contribution in [2.45, 2.75) is 26.2 Å². The summed E-state index contributed by atoms with van der Waals surface area (Å²) >= 11 is 0. The Hall–Kier alpha value is -2.37. The number of hydrogen-bond donors (Lipinski definition) is 2. The molecule has 2 aliphatic rings. The third-order valence-corrected chi connectivity index (χ3v) is 5.27. The molecule has 0 bridgehead atoms. The topological polar surface area (TPSA) is 94.9 Å². The summed E-state index contributed by atoms with van der Waals surface area (Å²) in [5, 5.41) is 18.7. The van der Waals surface area contributed by atoms with Crippen LogP contribution in [0.1, 0.15) is 24.5 Å². The Kier molecular flexibility index (Phi) is 3.43. The zero-order valence-electron chi connectivity index (χ0n) is 12.9. The van der Waals surface area contributed by atoms with Gasteiger partial charge in [0.25, 0.3) is 0 Å². The van der Waals surface area contributed by atoms with Gasteiger partial charge in [-0.05, 0) is 24.0 Å². The Morgan fingerprint density at radius 2 is 1.48 bits per heavy atom. The molecular formula is C17H19NO5. The van der Waals surface area contributed by atoms with Crippen LogP contribution in [-0.2, 0) is 27.2 Å². The molecule has 1 aliphatic carbocycles. The number of carboxylic acid groups (broad SMARTS) is 2. The van der Waals surface area contributed by atoms with Crippen molar-refractivity contribution < 1.29 is 24.6 Å². The number of benzene rings is 1. The summed E-state index contributed by atoms with van der Waals surface area (Å²) in [5.74, 6) is -2.47. The second-order valence-electron chi connectivity index (χ2n) is 6.55. The molecular weight excluding hydrogens is 298 g/mol. The van der Waals surface area contributed by atoms with E-state index in [-0.39, 0.29) is 31.8 Å². The molecule has 6 nitrogen and oxygen atoms in total. The van der Waals surface area contributed by atoms with Gasteiger partial charge in [-0.15, -0.1) is 0 Å². The maximum Gasteiger partial charge on any atom is 0.312 e. The fraction of sp³-hybridized carbons (Fsp3) is 0.471. The highest BCUT2D eigenvalue weighted by atomic mass is 16.4. The molecule has 1 heterocycles. The second-order valence-corrected chi connectivity index (χ2v) is 6.55. The van der Waals surface area contributed by atoms with Gasteiger partial charge in [-0.1, -0.05) is 31.2 Å². The van der Waals surface area contributed by atoms with Gasteiger partial charge < -0.3 is 15.1 Å². The second kappa shape index (κ2) is 5.08. The van der Waals surface area contributed by atoms with Crippen molar-refractivity contribution in [3.8, 4) is 0 Å². The number of nitrogens with zero attached hydrogens (tertiary/aromatic N) is 1. The van der Waals surface area contributed by atoms with Crippen LogP contribution in [0.3, 0.4) is 0 Å². The molecule has 1 aromatic carbocycles. The molecule has 0 unspecified atom stereocenters. The fourth-order valence-electron chi connectivity index (χ4n) is 3.64. The maximum absolute atomic E-state index is 12.4. The van der Waals surface area contributed by atoms with Crippen LogP contribution in [0.25, 0.3) is 0 Å². The highest BCUT2D eigenvalue weighted by Crippen LogP contribution is 2.68. The van der Waals surface area contributed by atoms with E-state index in [0.717, 1.165) is 12.0 Å². The van der Waals surface area contributed by atoms with E-state index < -0.39 is 22.8 Å². The van der Waals surface area contributed by atoms with Gasteiger partial charge in [0.15, 0.2) is 0 Å². The summed E-state index contributed by atoms with van der Waals surface area (Å²) in [5.41, 5.74) is -0.582.